The van der Waals surface area contributed by atoms with Gasteiger partial charge in [0.1, 0.15) is 0 Å². The summed E-state index contributed by atoms with van der Waals surface area (Å²) in [4.78, 5) is 11.5. The number of halogens is 2. The number of hydrogen-bond acceptors (Lipinski definition) is 2. The van der Waals surface area contributed by atoms with E-state index >= 15 is 0 Å². The number of carboxylic acids is 1. The third-order valence-corrected chi connectivity index (χ3v) is 3.51. The van der Waals surface area contributed by atoms with Gasteiger partial charge in [-0.2, -0.15) is 0 Å². The number of hydrogen-bond donors (Lipinski definition) is 1. The minimum Gasteiger partial charge on any atom is -0.478 e. The van der Waals surface area contributed by atoms with E-state index in [0.717, 1.165) is 10.6 Å². The lowest BCUT2D eigenvalue weighted by Crippen LogP contribution is -1.97. The van der Waals surface area contributed by atoms with Gasteiger partial charge in [0.2, 0.25) is 0 Å². The van der Waals surface area contributed by atoms with Crippen molar-refractivity contribution in [2.24, 2.45) is 0 Å². The van der Waals surface area contributed by atoms with E-state index in [1.54, 1.807) is 6.07 Å². The van der Waals surface area contributed by atoms with E-state index in [1.165, 1.54) is 17.8 Å². The quantitative estimate of drug-likeness (QED) is 0.830. The van der Waals surface area contributed by atoms with E-state index in [2.05, 4.69) is 0 Å². The summed E-state index contributed by atoms with van der Waals surface area (Å²) in [6.07, 6.45) is 0. The van der Waals surface area contributed by atoms with Gasteiger partial charge in [-0.15, -0.1) is 11.8 Å². The van der Waals surface area contributed by atoms with Gasteiger partial charge in [0.05, 0.1) is 15.6 Å². The van der Waals surface area contributed by atoms with Crippen molar-refractivity contribution < 1.29 is 9.90 Å². The Morgan fingerprint density at radius 3 is 2.57 bits per heavy atom. The molecule has 0 aliphatic rings. The fourth-order valence-electron chi connectivity index (χ4n) is 0.964. The monoisotopic (exact) mass is 250 g/mol. The van der Waals surface area contributed by atoms with E-state index in [9.17, 15) is 4.79 Å². The topological polar surface area (TPSA) is 37.3 Å². The molecule has 0 aromatic heterocycles. The number of benzene rings is 1. The molecule has 0 radical (unpaired) electrons. The number of carbonyl (C=O) groups is 1. The molecular formula is C9H8Cl2O2S. The highest BCUT2D eigenvalue weighted by Gasteiger charge is 2.14. The smallest absolute Gasteiger partial charge is 0.337 e. The summed E-state index contributed by atoms with van der Waals surface area (Å²) in [7, 11) is 0. The van der Waals surface area contributed by atoms with Gasteiger partial charge >= 0.3 is 5.97 Å². The molecule has 76 valence electrons. The van der Waals surface area contributed by atoms with Crippen LogP contribution in [-0.4, -0.2) is 16.8 Å². The molecule has 0 aliphatic heterocycles. The first kappa shape index (κ1) is 11.7. The molecular weight excluding hydrogens is 243 g/mol. The number of rotatable bonds is 3. The van der Waals surface area contributed by atoms with Crippen molar-refractivity contribution >= 4 is 40.9 Å². The summed E-state index contributed by atoms with van der Waals surface area (Å²) < 4.78 is 0. The maximum atomic E-state index is 10.7. The molecule has 0 unspecified atom stereocenters. The lowest BCUT2D eigenvalue weighted by Gasteiger charge is -2.06. The van der Waals surface area contributed by atoms with Crippen molar-refractivity contribution in [2.45, 2.75) is 11.8 Å². The lowest BCUT2D eigenvalue weighted by molar-refractivity contribution is 0.0697. The molecule has 2 nitrogen and oxygen atoms in total. The van der Waals surface area contributed by atoms with Crippen molar-refractivity contribution in [2.75, 3.05) is 5.75 Å². The van der Waals surface area contributed by atoms with Gasteiger partial charge in [-0.05, 0) is 17.9 Å². The van der Waals surface area contributed by atoms with Gasteiger partial charge in [0, 0.05) is 4.90 Å². The summed E-state index contributed by atoms with van der Waals surface area (Å²) in [6.45, 7) is 1.99. The Bertz CT molecular complexity index is 366. The third kappa shape index (κ3) is 2.35. The van der Waals surface area contributed by atoms with Crippen LogP contribution in [0.25, 0.3) is 0 Å². The zero-order chi connectivity index (χ0) is 10.7. The van der Waals surface area contributed by atoms with Gasteiger partial charge < -0.3 is 5.11 Å². The molecule has 1 N–H and O–H groups in total. The molecule has 1 aromatic carbocycles. The van der Waals surface area contributed by atoms with Crippen molar-refractivity contribution in [3.05, 3.63) is 27.7 Å². The summed E-state index contributed by atoms with van der Waals surface area (Å²) >= 11 is 13.2. The van der Waals surface area contributed by atoms with Crippen molar-refractivity contribution in [1.82, 2.24) is 0 Å². The molecule has 0 saturated carbocycles. The second-order valence-corrected chi connectivity index (χ2v) is 4.54. The Morgan fingerprint density at radius 1 is 1.43 bits per heavy atom. The lowest BCUT2D eigenvalue weighted by atomic mass is 10.2. The molecule has 0 heterocycles. The fraction of sp³-hybridized carbons (Fsp3) is 0.222. The summed E-state index contributed by atoms with van der Waals surface area (Å²) in [5.41, 5.74) is 0.0390. The molecule has 0 atom stereocenters. The molecule has 0 spiro atoms. The largest absolute Gasteiger partial charge is 0.478 e. The average molecular weight is 251 g/mol. The predicted molar refractivity (Wildman–Crippen MR) is 59.8 cm³/mol. The Hall–Kier alpha value is -0.380. The van der Waals surface area contributed by atoms with E-state index in [4.69, 9.17) is 28.3 Å². The van der Waals surface area contributed by atoms with Crippen molar-refractivity contribution in [3.8, 4) is 0 Å². The average Bonchev–Trinajstić information content (AvgIpc) is 2.13. The molecule has 1 aromatic rings. The van der Waals surface area contributed by atoms with Gasteiger partial charge in [-0.1, -0.05) is 30.1 Å². The minimum atomic E-state index is -1.06. The molecule has 14 heavy (non-hydrogen) atoms. The van der Waals surface area contributed by atoms with Crippen LogP contribution >= 0.6 is 35.0 Å². The van der Waals surface area contributed by atoms with E-state index in [-0.39, 0.29) is 10.6 Å². The molecule has 0 fully saturated rings. The van der Waals surface area contributed by atoms with Gasteiger partial charge in [0.15, 0.2) is 0 Å². The zero-order valence-electron chi connectivity index (χ0n) is 7.38. The number of thioether (sulfide) groups is 1. The molecule has 5 heteroatoms. The van der Waals surface area contributed by atoms with Crippen LogP contribution in [0.1, 0.15) is 17.3 Å². The SMILES string of the molecule is CCSc1ccc(C(=O)O)c(Cl)c1Cl. The van der Waals surface area contributed by atoms with Crippen molar-refractivity contribution in [1.29, 1.82) is 0 Å². The number of carboxylic acid groups (broad SMARTS) is 1. The Balaban J connectivity index is 3.19. The van der Waals surface area contributed by atoms with Crippen LogP contribution in [-0.2, 0) is 0 Å². The first-order chi connectivity index (χ1) is 6.57. The van der Waals surface area contributed by atoms with Crippen LogP contribution in [0.2, 0.25) is 10.0 Å². The zero-order valence-corrected chi connectivity index (χ0v) is 9.71. The first-order valence-corrected chi connectivity index (χ1v) is 5.66. The maximum Gasteiger partial charge on any atom is 0.337 e. The number of aromatic carboxylic acids is 1. The van der Waals surface area contributed by atoms with Gasteiger partial charge in [0.25, 0.3) is 0 Å². The summed E-state index contributed by atoms with van der Waals surface area (Å²) in [5, 5.41) is 9.19. The molecule has 0 aliphatic carbocycles. The summed E-state index contributed by atoms with van der Waals surface area (Å²) in [6, 6.07) is 3.14. The van der Waals surface area contributed by atoms with Gasteiger partial charge in [-0.25, -0.2) is 4.79 Å². The van der Waals surface area contributed by atoms with Crippen LogP contribution < -0.4 is 0 Å². The Morgan fingerprint density at radius 2 is 2.07 bits per heavy atom. The third-order valence-electron chi connectivity index (χ3n) is 1.58. The highest BCUT2D eigenvalue weighted by Crippen LogP contribution is 2.35. The van der Waals surface area contributed by atoms with Crippen LogP contribution in [0.4, 0.5) is 0 Å². The normalized spacial score (nSPS) is 10.2. The van der Waals surface area contributed by atoms with E-state index < -0.39 is 5.97 Å². The minimum absolute atomic E-state index is 0.0390. The van der Waals surface area contributed by atoms with Crippen LogP contribution in [0.3, 0.4) is 0 Å². The van der Waals surface area contributed by atoms with Crippen molar-refractivity contribution in [3.63, 3.8) is 0 Å². The second-order valence-electron chi connectivity index (χ2n) is 2.48. The van der Waals surface area contributed by atoms with E-state index in [0.29, 0.717) is 5.02 Å². The molecule has 0 saturated heterocycles. The standard InChI is InChI=1S/C9H8Cl2O2S/c1-2-14-6-4-3-5(9(12)13)7(10)8(6)11/h3-4H,2H2,1H3,(H,12,13). The highest BCUT2D eigenvalue weighted by molar-refractivity contribution is 7.99. The Labute approximate surface area is 96.2 Å². The van der Waals surface area contributed by atoms with Crippen LogP contribution in [0.15, 0.2) is 17.0 Å². The molecule has 1 rings (SSSR count). The summed E-state index contributed by atoms with van der Waals surface area (Å²) in [5.74, 6) is -0.201. The highest BCUT2D eigenvalue weighted by atomic mass is 35.5. The second kappa shape index (κ2) is 4.91. The van der Waals surface area contributed by atoms with Crippen LogP contribution in [0, 0.1) is 0 Å². The van der Waals surface area contributed by atoms with Crippen LogP contribution in [0.5, 0.6) is 0 Å². The first-order valence-electron chi connectivity index (χ1n) is 3.92. The molecule has 0 amide bonds. The maximum absolute atomic E-state index is 10.7. The Kier molecular flexibility index (Phi) is 4.11. The predicted octanol–water partition coefficient (Wildman–Crippen LogP) is 3.80. The van der Waals surface area contributed by atoms with Gasteiger partial charge in [-0.3, -0.25) is 0 Å². The molecule has 0 bridgehead atoms. The van der Waals surface area contributed by atoms with E-state index in [1.807, 2.05) is 6.92 Å². The fourth-order valence-corrected chi connectivity index (χ4v) is 2.30.